The molecule has 1 aliphatic rings. The van der Waals surface area contributed by atoms with Gasteiger partial charge in [-0.2, -0.15) is 0 Å². The van der Waals surface area contributed by atoms with Crippen molar-refractivity contribution in [1.82, 2.24) is 14.8 Å². The molecule has 1 amide bonds. The van der Waals surface area contributed by atoms with Crippen LogP contribution in [-0.2, 0) is 16.1 Å². The maximum absolute atomic E-state index is 13.2. The number of halogens is 1. The third-order valence-electron chi connectivity index (χ3n) is 5.50. The third kappa shape index (κ3) is 5.72. The van der Waals surface area contributed by atoms with E-state index in [9.17, 15) is 9.18 Å². The monoisotopic (exact) mass is 470 g/mol. The van der Waals surface area contributed by atoms with Crippen molar-refractivity contribution in [3.05, 3.63) is 54.3 Å². The van der Waals surface area contributed by atoms with E-state index in [1.54, 1.807) is 19.2 Å². The van der Waals surface area contributed by atoms with Crippen molar-refractivity contribution in [2.75, 3.05) is 19.0 Å². The standard InChI is InChI=1S/C24H27FN4O3S/c1-3-21(23(30)26-18-10-8-17(25)9-11-18)33-24-28-27-22(16-6-12-19(31-2)13-7-16)29(24)15-20-5-4-14-32-20/h6-13,20-21H,3-5,14-15H2,1-2H3,(H,26,30)/t20-,21-/m1/s1. The summed E-state index contributed by atoms with van der Waals surface area (Å²) in [4.78, 5) is 12.9. The van der Waals surface area contributed by atoms with Gasteiger partial charge in [0.1, 0.15) is 11.6 Å². The lowest BCUT2D eigenvalue weighted by atomic mass is 10.2. The maximum atomic E-state index is 13.2. The minimum Gasteiger partial charge on any atom is -0.497 e. The van der Waals surface area contributed by atoms with E-state index >= 15 is 0 Å². The van der Waals surface area contributed by atoms with Crippen molar-refractivity contribution < 1.29 is 18.7 Å². The van der Waals surface area contributed by atoms with Crippen molar-refractivity contribution in [1.29, 1.82) is 0 Å². The number of hydrogen-bond donors (Lipinski definition) is 1. The van der Waals surface area contributed by atoms with Gasteiger partial charge in [0.15, 0.2) is 11.0 Å². The molecule has 33 heavy (non-hydrogen) atoms. The van der Waals surface area contributed by atoms with Gasteiger partial charge in [0.2, 0.25) is 5.91 Å². The van der Waals surface area contributed by atoms with Crippen LogP contribution in [0, 0.1) is 5.82 Å². The van der Waals surface area contributed by atoms with Crippen LogP contribution in [0.4, 0.5) is 10.1 Å². The molecule has 2 atom stereocenters. The fourth-order valence-corrected chi connectivity index (χ4v) is 4.65. The molecule has 0 spiro atoms. The molecule has 174 valence electrons. The fourth-order valence-electron chi connectivity index (χ4n) is 3.69. The van der Waals surface area contributed by atoms with Gasteiger partial charge in [0.05, 0.1) is 25.0 Å². The van der Waals surface area contributed by atoms with Crippen molar-refractivity contribution >= 4 is 23.4 Å². The number of anilines is 1. The summed E-state index contributed by atoms with van der Waals surface area (Å²) >= 11 is 1.38. The predicted molar refractivity (Wildman–Crippen MR) is 126 cm³/mol. The van der Waals surface area contributed by atoms with Gasteiger partial charge in [0.25, 0.3) is 0 Å². The highest BCUT2D eigenvalue weighted by molar-refractivity contribution is 8.00. The van der Waals surface area contributed by atoms with Crippen LogP contribution in [-0.4, -0.2) is 45.7 Å². The third-order valence-corrected chi connectivity index (χ3v) is 6.84. The maximum Gasteiger partial charge on any atom is 0.237 e. The number of methoxy groups -OCH3 is 1. The predicted octanol–water partition coefficient (Wildman–Crippen LogP) is 4.78. The Morgan fingerprint density at radius 2 is 2.00 bits per heavy atom. The number of aromatic nitrogens is 3. The quantitative estimate of drug-likeness (QED) is 0.454. The van der Waals surface area contributed by atoms with Crippen molar-refractivity contribution in [3.8, 4) is 17.1 Å². The van der Waals surface area contributed by atoms with Gasteiger partial charge < -0.3 is 14.8 Å². The first kappa shape index (κ1) is 23.3. The van der Waals surface area contributed by atoms with Gasteiger partial charge in [-0.05, 0) is 67.8 Å². The molecule has 0 saturated carbocycles. The molecule has 2 aromatic carbocycles. The van der Waals surface area contributed by atoms with Gasteiger partial charge in [0, 0.05) is 17.9 Å². The lowest BCUT2D eigenvalue weighted by Gasteiger charge is -2.18. The van der Waals surface area contributed by atoms with Gasteiger partial charge in [-0.3, -0.25) is 9.36 Å². The molecule has 7 nitrogen and oxygen atoms in total. The number of nitrogens with zero attached hydrogens (tertiary/aromatic N) is 3. The highest BCUT2D eigenvalue weighted by Crippen LogP contribution is 2.31. The van der Waals surface area contributed by atoms with Crippen LogP contribution in [0.5, 0.6) is 5.75 Å². The largest absolute Gasteiger partial charge is 0.497 e. The number of nitrogens with one attached hydrogen (secondary N) is 1. The molecule has 0 aliphatic carbocycles. The van der Waals surface area contributed by atoms with Gasteiger partial charge in [-0.25, -0.2) is 4.39 Å². The number of amides is 1. The highest BCUT2D eigenvalue weighted by atomic mass is 32.2. The van der Waals surface area contributed by atoms with Crippen LogP contribution in [0.2, 0.25) is 0 Å². The smallest absolute Gasteiger partial charge is 0.237 e. The summed E-state index contributed by atoms with van der Waals surface area (Å²) in [7, 11) is 1.63. The van der Waals surface area contributed by atoms with E-state index < -0.39 is 0 Å². The SMILES string of the molecule is CC[C@@H](Sc1nnc(-c2ccc(OC)cc2)n1C[C@H]1CCCO1)C(=O)Nc1ccc(F)cc1. The van der Waals surface area contributed by atoms with Crippen LogP contribution in [0.1, 0.15) is 26.2 Å². The first-order valence-electron chi connectivity index (χ1n) is 11.0. The molecule has 1 N–H and O–H groups in total. The van der Waals surface area contributed by atoms with Crippen molar-refractivity contribution in [2.45, 2.75) is 49.2 Å². The molecule has 9 heteroatoms. The number of thioether (sulfide) groups is 1. The summed E-state index contributed by atoms with van der Waals surface area (Å²) in [5, 5.41) is 12.0. The van der Waals surface area contributed by atoms with E-state index in [4.69, 9.17) is 9.47 Å². The minimum absolute atomic E-state index is 0.0884. The molecule has 1 saturated heterocycles. The molecule has 0 unspecified atom stereocenters. The molecule has 0 bridgehead atoms. The molecule has 2 heterocycles. The Morgan fingerprint density at radius 1 is 1.24 bits per heavy atom. The summed E-state index contributed by atoms with van der Waals surface area (Å²) in [6, 6.07) is 13.4. The Hall–Kier alpha value is -2.91. The van der Waals surface area contributed by atoms with E-state index in [0.29, 0.717) is 23.8 Å². The highest BCUT2D eigenvalue weighted by Gasteiger charge is 2.26. The Kier molecular flexibility index (Phi) is 7.61. The topological polar surface area (TPSA) is 78.3 Å². The zero-order valence-electron chi connectivity index (χ0n) is 18.7. The second-order valence-electron chi connectivity index (χ2n) is 7.79. The van der Waals surface area contributed by atoms with Crippen LogP contribution < -0.4 is 10.1 Å². The summed E-state index contributed by atoms with van der Waals surface area (Å²) in [5.74, 6) is 0.987. The Bertz CT molecular complexity index is 1070. The summed E-state index contributed by atoms with van der Waals surface area (Å²) in [6.45, 7) is 3.32. The zero-order chi connectivity index (χ0) is 23.2. The van der Waals surface area contributed by atoms with Gasteiger partial charge in [-0.15, -0.1) is 10.2 Å². The zero-order valence-corrected chi connectivity index (χ0v) is 19.5. The Morgan fingerprint density at radius 3 is 2.64 bits per heavy atom. The van der Waals surface area contributed by atoms with Gasteiger partial charge >= 0.3 is 0 Å². The fraction of sp³-hybridized carbons (Fsp3) is 0.375. The van der Waals surface area contributed by atoms with E-state index in [1.807, 2.05) is 35.8 Å². The van der Waals surface area contributed by atoms with Crippen LogP contribution in [0.25, 0.3) is 11.4 Å². The number of carbonyl (C=O) groups is 1. The molecule has 0 radical (unpaired) electrons. The average Bonchev–Trinajstić information content (AvgIpc) is 3.49. The summed E-state index contributed by atoms with van der Waals surface area (Å²) in [5.41, 5.74) is 1.47. The first-order chi connectivity index (χ1) is 16.1. The van der Waals surface area contributed by atoms with Crippen LogP contribution in [0.15, 0.2) is 53.7 Å². The molecule has 1 aromatic heterocycles. The van der Waals surface area contributed by atoms with Crippen molar-refractivity contribution in [3.63, 3.8) is 0 Å². The normalized spacial score (nSPS) is 16.5. The van der Waals surface area contributed by atoms with E-state index in [2.05, 4.69) is 15.5 Å². The number of carbonyl (C=O) groups excluding carboxylic acids is 1. The molecule has 1 fully saturated rings. The van der Waals surface area contributed by atoms with E-state index in [0.717, 1.165) is 36.6 Å². The van der Waals surface area contributed by atoms with E-state index in [1.165, 1.54) is 23.9 Å². The first-order valence-corrected chi connectivity index (χ1v) is 11.9. The summed E-state index contributed by atoms with van der Waals surface area (Å²) in [6.07, 6.45) is 2.70. The lowest BCUT2D eigenvalue weighted by molar-refractivity contribution is -0.115. The lowest BCUT2D eigenvalue weighted by Crippen LogP contribution is -2.25. The number of rotatable bonds is 9. The minimum atomic E-state index is -0.383. The number of ether oxygens (including phenoxy) is 2. The van der Waals surface area contributed by atoms with Gasteiger partial charge in [-0.1, -0.05) is 18.7 Å². The second kappa shape index (κ2) is 10.8. The molecular weight excluding hydrogens is 443 g/mol. The second-order valence-corrected chi connectivity index (χ2v) is 8.96. The summed E-state index contributed by atoms with van der Waals surface area (Å²) < 4.78 is 26.3. The molecule has 1 aliphatic heterocycles. The number of benzene rings is 2. The van der Waals surface area contributed by atoms with Crippen molar-refractivity contribution in [2.24, 2.45) is 0 Å². The molecular formula is C24H27FN4O3S. The Labute approximate surface area is 196 Å². The average molecular weight is 471 g/mol. The molecule has 4 rings (SSSR count). The molecule has 3 aromatic rings. The number of hydrogen-bond acceptors (Lipinski definition) is 6. The Balaban J connectivity index is 1.57. The van der Waals surface area contributed by atoms with Crippen LogP contribution in [0.3, 0.4) is 0 Å². The van der Waals surface area contributed by atoms with Crippen LogP contribution >= 0.6 is 11.8 Å². The van der Waals surface area contributed by atoms with E-state index in [-0.39, 0.29) is 23.1 Å².